The van der Waals surface area contributed by atoms with Crippen molar-refractivity contribution in [2.75, 3.05) is 0 Å². The van der Waals surface area contributed by atoms with Crippen LogP contribution in [0.1, 0.15) is 23.5 Å². The second-order valence-corrected chi connectivity index (χ2v) is 6.71. The largest absolute Gasteiger partial charge is 0.480 e. The van der Waals surface area contributed by atoms with Crippen LogP contribution in [0.3, 0.4) is 0 Å². The van der Waals surface area contributed by atoms with E-state index < -0.39 is 11.4 Å². The van der Waals surface area contributed by atoms with Gasteiger partial charge in [0.2, 0.25) is 0 Å². The Morgan fingerprint density at radius 2 is 1.79 bits per heavy atom. The Bertz CT molecular complexity index is 1070. The lowest BCUT2D eigenvalue weighted by Crippen LogP contribution is -2.33. The molecule has 24 heavy (non-hydrogen) atoms. The lowest BCUT2D eigenvalue weighted by molar-refractivity contribution is -0.144. The SMILES string of the molecule is O=C(O)C12C=CCC1c1ccc3c(ccc4ccccc43)c1C=C2. The van der Waals surface area contributed by atoms with Crippen molar-refractivity contribution in [2.45, 2.75) is 12.3 Å². The molecule has 0 amide bonds. The summed E-state index contributed by atoms with van der Waals surface area (Å²) in [5.74, 6) is -0.771. The number of hydrogen-bond acceptors (Lipinski definition) is 1. The van der Waals surface area contributed by atoms with Gasteiger partial charge in [-0.2, -0.15) is 0 Å². The first-order valence-corrected chi connectivity index (χ1v) is 8.25. The Morgan fingerprint density at radius 3 is 2.67 bits per heavy atom. The van der Waals surface area contributed by atoms with E-state index in [9.17, 15) is 9.90 Å². The molecule has 2 nitrogen and oxygen atoms in total. The fourth-order valence-corrected chi connectivity index (χ4v) is 4.40. The van der Waals surface area contributed by atoms with Crippen molar-refractivity contribution in [1.29, 1.82) is 0 Å². The van der Waals surface area contributed by atoms with Gasteiger partial charge in [-0.3, -0.25) is 4.79 Å². The summed E-state index contributed by atoms with van der Waals surface area (Å²) in [6.07, 6.45) is 8.52. The zero-order valence-corrected chi connectivity index (χ0v) is 13.1. The molecule has 2 unspecified atom stereocenters. The minimum atomic E-state index is -0.877. The summed E-state index contributed by atoms with van der Waals surface area (Å²) < 4.78 is 0. The van der Waals surface area contributed by atoms with Crippen molar-refractivity contribution in [3.8, 4) is 0 Å². The zero-order valence-electron chi connectivity index (χ0n) is 13.1. The van der Waals surface area contributed by atoms with Gasteiger partial charge in [-0.25, -0.2) is 0 Å². The van der Waals surface area contributed by atoms with Gasteiger partial charge in [-0.15, -0.1) is 0 Å². The maximum atomic E-state index is 11.9. The quantitative estimate of drug-likeness (QED) is 0.499. The number of carboxylic acid groups (broad SMARTS) is 1. The Morgan fingerprint density at radius 1 is 0.958 bits per heavy atom. The van der Waals surface area contributed by atoms with Gasteiger partial charge in [0.05, 0.1) is 0 Å². The molecule has 3 aromatic rings. The lowest BCUT2D eigenvalue weighted by atomic mass is 9.69. The molecule has 2 aliphatic rings. The van der Waals surface area contributed by atoms with Crippen LogP contribution < -0.4 is 0 Å². The summed E-state index contributed by atoms with van der Waals surface area (Å²) in [5, 5.41) is 14.7. The third-order valence-corrected chi connectivity index (χ3v) is 5.62. The zero-order chi connectivity index (χ0) is 16.3. The molecular weight excluding hydrogens is 296 g/mol. The third-order valence-electron chi connectivity index (χ3n) is 5.62. The molecule has 0 bridgehead atoms. The average molecular weight is 312 g/mol. The molecule has 0 aromatic heterocycles. The van der Waals surface area contributed by atoms with Gasteiger partial charge in [0, 0.05) is 5.92 Å². The number of hydrogen-bond donors (Lipinski definition) is 1. The van der Waals surface area contributed by atoms with Crippen molar-refractivity contribution in [2.24, 2.45) is 5.41 Å². The Hall–Kier alpha value is -2.87. The summed E-state index contributed by atoms with van der Waals surface area (Å²) in [4.78, 5) is 11.9. The Kier molecular flexibility index (Phi) is 2.58. The Labute approximate surface area is 139 Å². The number of allylic oxidation sites excluding steroid dienone is 1. The normalized spacial score (nSPS) is 24.2. The van der Waals surface area contributed by atoms with E-state index in [4.69, 9.17) is 0 Å². The molecule has 3 aromatic carbocycles. The van der Waals surface area contributed by atoms with Gasteiger partial charge in [0.1, 0.15) is 5.41 Å². The van der Waals surface area contributed by atoms with Crippen LogP contribution in [-0.2, 0) is 4.79 Å². The molecule has 2 heteroatoms. The summed E-state index contributed by atoms with van der Waals surface area (Å²) in [6.45, 7) is 0. The topological polar surface area (TPSA) is 37.3 Å². The number of aliphatic carboxylic acids is 1. The van der Waals surface area contributed by atoms with E-state index >= 15 is 0 Å². The molecule has 0 saturated carbocycles. The van der Waals surface area contributed by atoms with Gasteiger partial charge in [-0.05, 0) is 39.1 Å². The van der Waals surface area contributed by atoms with Crippen LogP contribution in [0.2, 0.25) is 0 Å². The first kappa shape index (κ1) is 13.6. The van der Waals surface area contributed by atoms with E-state index in [2.05, 4.69) is 48.5 Å². The molecule has 0 heterocycles. The minimum absolute atomic E-state index is 0.00845. The first-order valence-electron chi connectivity index (χ1n) is 8.25. The van der Waals surface area contributed by atoms with E-state index in [-0.39, 0.29) is 5.92 Å². The molecule has 0 radical (unpaired) electrons. The van der Waals surface area contributed by atoms with Crippen molar-refractivity contribution < 1.29 is 9.90 Å². The molecule has 0 fully saturated rings. The first-order chi connectivity index (χ1) is 11.7. The fraction of sp³-hybridized carbons (Fsp3) is 0.136. The van der Waals surface area contributed by atoms with Crippen LogP contribution in [0.5, 0.6) is 0 Å². The van der Waals surface area contributed by atoms with Crippen LogP contribution in [-0.4, -0.2) is 11.1 Å². The van der Waals surface area contributed by atoms with Gasteiger partial charge >= 0.3 is 5.97 Å². The second kappa shape index (κ2) is 4.57. The molecule has 2 aliphatic carbocycles. The number of carbonyl (C=O) groups is 1. The standard InChI is InChI=1S/C22H16O2/c23-21(24)22-12-3-6-20(22)19-10-9-16-15-5-2-1-4-14(15)7-8-17(16)18(19)11-13-22/h1-5,7-13,20H,6H2,(H,23,24). The van der Waals surface area contributed by atoms with E-state index in [0.29, 0.717) is 0 Å². The number of rotatable bonds is 1. The lowest BCUT2D eigenvalue weighted by Gasteiger charge is -2.33. The maximum Gasteiger partial charge on any atom is 0.318 e. The van der Waals surface area contributed by atoms with Crippen LogP contribution in [0.15, 0.2) is 66.8 Å². The van der Waals surface area contributed by atoms with E-state index in [0.717, 1.165) is 12.0 Å². The number of carboxylic acids is 1. The second-order valence-electron chi connectivity index (χ2n) is 6.71. The molecule has 0 spiro atoms. The van der Waals surface area contributed by atoms with Gasteiger partial charge < -0.3 is 5.11 Å². The highest BCUT2D eigenvalue weighted by Crippen LogP contribution is 2.51. The minimum Gasteiger partial charge on any atom is -0.480 e. The maximum absolute atomic E-state index is 11.9. The van der Waals surface area contributed by atoms with Crippen molar-refractivity contribution >= 4 is 33.6 Å². The summed E-state index contributed by atoms with van der Waals surface area (Å²) >= 11 is 0. The Balaban J connectivity index is 1.83. The van der Waals surface area contributed by atoms with Gasteiger partial charge in [0.25, 0.3) is 0 Å². The predicted molar refractivity (Wildman–Crippen MR) is 97.1 cm³/mol. The van der Waals surface area contributed by atoms with Crippen LogP contribution in [0.4, 0.5) is 0 Å². The van der Waals surface area contributed by atoms with E-state index in [1.165, 1.54) is 27.1 Å². The molecule has 2 atom stereocenters. The highest BCUT2D eigenvalue weighted by Gasteiger charge is 2.47. The number of fused-ring (bicyclic) bond motifs is 7. The molecule has 0 saturated heterocycles. The van der Waals surface area contributed by atoms with Crippen molar-refractivity contribution in [1.82, 2.24) is 0 Å². The highest BCUT2D eigenvalue weighted by molar-refractivity contribution is 6.10. The summed E-state index contributed by atoms with van der Waals surface area (Å²) in [6, 6.07) is 17.0. The molecule has 1 N–H and O–H groups in total. The molecule has 0 aliphatic heterocycles. The number of benzene rings is 3. The predicted octanol–water partition coefficient (Wildman–Crippen LogP) is 5.13. The summed E-state index contributed by atoms with van der Waals surface area (Å²) in [5.41, 5.74) is 1.44. The smallest absolute Gasteiger partial charge is 0.318 e. The van der Waals surface area contributed by atoms with Gasteiger partial charge in [-0.1, -0.05) is 72.8 Å². The average Bonchev–Trinajstić information content (AvgIpc) is 3.07. The fourth-order valence-electron chi connectivity index (χ4n) is 4.40. The van der Waals surface area contributed by atoms with Crippen LogP contribution >= 0.6 is 0 Å². The van der Waals surface area contributed by atoms with Crippen molar-refractivity contribution in [3.05, 3.63) is 77.9 Å². The van der Waals surface area contributed by atoms with E-state index in [1.54, 1.807) is 0 Å². The molecule has 116 valence electrons. The van der Waals surface area contributed by atoms with Crippen LogP contribution in [0.25, 0.3) is 27.6 Å². The van der Waals surface area contributed by atoms with Crippen molar-refractivity contribution in [3.63, 3.8) is 0 Å². The third kappa shape index (κ3) is 1.58. The monoisotopic (exact) mass is 312 g/mol. The summed E-state index contributed by atoms with van der Waals surface area (Å²) in [7, 11) is 0. The highest BCUT2D eigenvalue weighted by atomic mass is 16.4. The van der Waals surface area contributed by atoms with Crippen LogP contribution in [0, 0.1) is 5.41 Å². The molecular formula is C22H16O2. The molecule has 5 rings (SSSR count). The van der Waals surface area contributed by atoms with E-state index in [1.807, 2.05) is 24.3 Å². The van der Waals surface area contributed by atoms with Gasteiger partial charge in [0.15, 0.2) is 0 Å².